The molecule has 0 aromatic heterocycles. The highest BCUT2D eigenvalue weighted by molar-refractivity contribution is 7.98. The number of thioether (sulfide) groups is 1. The second-order valence-electron chi connectivity index (χ2n) is 13.5. The van der Waals surface area contributed by atoms with Crippen molar-refractivity contribution < 1.29 is 14.3 Å². The van der Waals surface area contributed by atoms with Gasteiger partial charge < -0.3 is 15.4 Å². The van der Waals surface area contributed by atoms with Gasteiger partial charge >= 0.3 is 6.09 Å². The highest BCUT2D eigenvalue weighted by atomic mass is 32.2. The summed E-state index contributed by atoms with van der Waals surface area (Å²) < 4.78 is 5.42. The van der Waals surface area contributed by atoms with Crippen molar-refractivity contribution >= 4 is 23.8 Å². The summed E-state index contributed by atoms with van der Waals surface area (Å²) in [6.07, 6.45) is 12.3. The SMILES string of the molecule is CSCC12CC3CC(C(=O)N[C@H]4CC[C@H](NC(=O)OC(C)(C)C)CC4)(C1)CC(c1ccccc1)(C3)C2. The number of alkyl carbamates (subject to hydrolysis) is 1. The fourth-order valence-electron chi connectivity index (χ4n) is 8.67. The summed E-state index contributed by atoms with van der Waals surface area (Å²) >= 11 is 1.96. The number of rotatable bonds is 6. The molecule has 5 aliphatic rings. The van der Waals surface area contributed by atoms with Crippen LogP contribution in [0.5, 0.6) is 0 Å². The van der Waals surface area contributed by atoms with Gasteiger partial charge in [0.25, 0.3) is 0 Å². The third kappa shape index (κ3) is 5.16. The summed E-state index contributed by atoms with van der Waals surface area (Å²) in [6.45, 7) is 5.65. The van der Waals surface area contributed by atoms with E-state index in [0.717, 1.165) is 50.7 Å². The van der Waals surface area contributed by atoms with Crippen molar-refractivity contribution in [1.29, 1.82) is 0 Å². The minimum atomic E-state index is -0.488. The van der Waals surface area contributed by atoms with E-state index in [2.05, 4.69) is 47.2 Å². The molecule has 5 aliphatic carbocycles. The van der Waals surface area contributed by atoms with Crippen molar-refractivity contribution in [3.63, 3.8) is 0 Å². The van der Waals surface area contributed by atoms with Crippen LogP contribution < -0.4 is 10.6 Å². The lowest BCUT2D eigenvalue weighted by atomic mass is 9.38. The van der Waals surface area contributed by atoms with Crippen molar-refractivity contribution in [3.8, 4) is 0 Å². The van der Waals surface area contributed by atoms with Gasteiger partial charge in [0.1, 0.15) is 5.60 Å². The summed E-state index contributed by atoms with van der Waals surface area (Å²) in [6, 6.07) is 11.4. The summed E-state index contributed by atoms with van der Waals surface area (Å²) in [7, 11) is 0. The van der Waals surface area contributed by atoms with E-state index >= 15 is 0 Å². The van der Waals surface area contributed by atoms with E-state index < -0.39 is 5.60 Å². The van der Waals surface area contributed by atoms with Crippen molar-refractivity contribution in [2.45, 2.75) is 108 Å². The van der Waals surface area contributed by atoms with Crippen LogP contribution >= 0.6 is 11.8 Å². The van der Waals surface area contributed by atoms with Crippen LogP contribution in [0.4, 0.5) is 4.79 Å². The van der Waals surface area contributed by atoms with Gasteiger partial charge in [-0.25, -0.2) is 4.79 Å². The number of carbonyl (C=O) groups excluding carboxylic acids is 2. The van der Waals surface area contributed by atoms with Crippen LogP contribution in [-0.4, -0.2) is 41.7 Å². The molecule has 5 fully saturated rings. The normalized spacial score (nSPS) is 37.4. The van der Waals surface area contributed by atoms with Gasteiger partial charge in [-0.05, 0) is 119 Å². The Balaban J connectivity index is 1.26. The first kappa shape index (κ1) is 25.9. The Kier molecular flexibility index (Phi) is 6.89. The van der Waals surface area contributed by atoms with Gasteiger partial charge in [0.2, 0.25) is 5.91 Å². The van der Waals surface area contributed by atoms with Crippen LogP contribution in [0.2, 0.25) is 0 Å². The average molecular weight is 513 g/mol. The molecule has 4 unspecified atom stereocenters. The first-order valence-electron chi connectivity index (χ1n) is 13.9. The van der Waals surface area contributed by atoms with Crippen LogP contribution in [0.1, 0.15) is 90.5 Å². The molecule has 1 aromatic rings. The van der Waals surface area contributed by atoms with Gasteiger partial charge in [0.05, 0.1) is 5.41 Å². The molecule has 36 heavy (non-hydrogen) atoms. The van der Waals surface area contributed by atoms with Gasteiger partial charge in [-0.1, -0.05) is 30.3 Å². The quantitative estimate of drug-likeness (QED) is 0.476. The summed E-state index contributed by atoms with van der Waals surface area (Å²) in [5, 5.41) is 6.55. The average Bonchev–Trinajstić information content (AvgIpc) is 2.79. The minimum Gasteiger partial charge on any atom is -0.444 e. The van der Waals surface area contributed by atoms with E-state index in [1.165, 1.54) is 24.8 Å². The number of hydrogen-bond acceptors (Lipinski definition) is 4. The number of hydrogen-bond donors (Lipinski definition) is 2. The molecule has 5 nitrogen and oxygen atoms in total. The van der Waals surface area contributed by atoms with Gasteiger partial charge in [-0.3, -0.25) is 4.79 Å². The molecular formula is C30H44N2O3S. The molecule has 6 rings (SSSR count). The zero-order chi connectivity index (χ0) is 25.6. The summed E-state index contributed by atoms with van der Waals surface area (Å²) in [5.41, 5.74) is 1.14. The van der Waals surface area contributed by atoms with E-state index in [4.69, 9.17) is 4.74 Å². The molecule has 2 amide bonds. The Morgan fingerprint density at radius 3 is 2.25 bits per heavy atom. The predicted octanol–water partition coefficient (Wildman–Crippen LogP) is 6.21. The van der Waals surface area contributed by atoms with Crippen molar-refractivity contribution in [2.24, 2.45) is 16.7 Å². The molecule has 4 bridgehead atoms. The van der Waals surface area contributed by atoms with E-state index in [9.17, 15) is 9.59 Å². The number of nitrogens with one attached hydrogen (secondary N) is 2. The third-order valence-electron chi connectivity index (χ3n) is 9.29. The molecule has 6 heteroatoms. The fraction of sp³-hybridized carbons (Fsp3) is 0.733. The van der Waals surface area contributed by atoms with E-state index in [-0.39, 0.29) is 34.4 Å². The fourth-order valence-corrected chi connectivity index (χ4v) is 9.60. The predicted molar refractivity (Wildman–Crippen MR) is 146 cm³/mol. The van der Waals surface area contributed by atoms with Crippen LogP contribution in [0, 0.1) is 16.7 Å². The zero-order valence-electron chi connectivity index (χ0n) is 22.5. The molecule has 2 N–H and O–H groups in total. The lowest BCUT2D eigenvalue weighted by molar-refractivity contribution is -0.160. The largest absolute Gasteiger partial charge is 0.444 e. The van der Waals surface area contributed by atoms with E-state index in [1.54, 1.807) is 0 Å². The minimum absolute atomic E-state index is 0.124. The number of amides is 2. The Labute approximate surface area is 221 Å². The Morgan fingerprint density at radius 2 is 1.61 bits per heavy atom. The number of benzene rings is 1. The highest BCUT2D eigenvalue weighted by Gasteiger charge is 2.65. The van der Waals surface area contributed by atoms with Crippen LogP contribution in [-0.2, 0) is 14.9 Å². The Bertz CT molecular complexity index is 970. The molecule has 0 heterocycles. The topological polar surface area (TPSA) is 67.4 Å². The van der Waals surface area contributed by atoms with Crippen LogP contribution in [0.3, 0.4) is 0 Å². The molecule has 5 saturated carbocycles. The van der Waals surface area contributed by atoms with Gasteiger partial charge in [-0.15, -0.1) is 0 Å². The van der Waals surface area contributed by atoms with Crippen LogP contribution in [0.15, 0.2) is 30.3 Å². The summed E-state index contributed by atoms with van der Waals surface area (Å²) in [5.74, 6) is 2.11. The van der Waals surface area contributed by atoms with Crippen LogP contribution in [0.25, 0.3) is 0 Å². The molecule has 1 aromatic carbocycles. The molecule has 0 radical (unpaired) electrons. The van der Waals surface area contributed by atoms with E-state index in [1.807, 2.05) is 32.5 Å². The maximum absolute atomic E-state index is 14.1. The number of ether oxygens (including phenoxy) is 1. The summed E-state index contributed by atoms with van der Waals surface area (Å²) in [4.78, 5) is 26.3. The molecule has 198 valence electrons. The lowest BCUT2D eigenvalue weighted by Crippen LogP contribution is -2.64. The second kappa shape index (κ2) is 9.56. The first-order valence-corrected chi connectivity index (χ1v) is 15.3. The van der Waals surface area contributed by atoms with Crippen molar-refractivity contribution in [1.82, 2.24) is 10.6 Å². The van der Waals surface area contributed by atoms with Gasteiger partial charge in [-0.2, -0.15) is 11.8 Å². The smallest absolute Gasteiger partial charge is 0.407 e. The van der Waals surface area contributed by atoms with E-state index in [0.29, 0.717) is 11.8 Å². The maximum Gasteiger partial charge on any atom is 0.407 e. The lowest BCUT2D eigenvalue weighted by Gasteiger charge is -2.66. The highest BCUT2D eigenvalue weighted by Crippen LogP contribution is 2.70. The van der Waals surface area contributed by atoms with Gasteiger partial charge in [0.15, 0.2) is 0 Å². The molecule has 0 aliphatic heterocycles. The molecule has 0 saturated heterocycles. The molecular weight excluding hydrogens is 468 g/mol. The monoisotopic (exact) mass is 512 g/mol. The number of carbonyl (C=O) groups is 2. The maximum atomic E-state index is 14.1. The Morgan fingerprint density at radius 1 is 0.944 bits per heavy atom. The second-order valence-corrected chi connectivity index (χ2v) is 14.4. The van der Waals surface area contributed by atoms with Crippen molar-refractivity contribution in [2.75, 3.05) is 12.0 Å². The van der Waals surface area contributed by atoms with Crippen molar-refractivity contribution in [3.05, 3.63) is 35.9 Å². The zero-order valence-corrected chi connectivity index (χ0v) is 23.3. The van der Waals surface area contributed by atoms with Gasteiger partial charge in [0, 0.05) is 12.1 Å². The standard InChI is InChI=1S/C30H44N2O3S/c1-27(2,3)35-26(34)32-24-12-10-23(11-13-24)31-25(33)30-16-21-14-28(18-30,20-36-4)17-29(15-21,19-30)22-8-6-5-7-9-22/h5-9,21,23-24H,10-20H2,1-4H3,(H,31,33)(H,32,34)/t21?,23-,24-,28?,29?,30?. The molecule has 4 atom stereocenters. The molecule has 0 spiro atoms. The Hall–Kier alpha value is -1.69. The third-order valence-corrected chi connectivity index (χ3v) is 10.2. The first-order chi connectivity index (χ1) is 17.0.